The summed E-state index contributed by atoms with van der Waals surface area (Å²) in [5.74, 6) is 0.542. The number of hydrogen-bond acceptors (Lipinski definition) is 3. The van der Waals surface area contributed by atoms with Gasteiger partial charge in [-0.3, -0.25) is 9.59 Å². The number of amides is 2. The summed E-state index contributed by atoms with van der Waals surface area (Å²) in [6, 6.07) is 26.6. The summed E-state index contributed by atoms with van der Waals surface area (Å²) in [7, 11) is 0. The number of anilines is 2. The zero-order valence-electron chi connectivity index (χ0n) is 17.8. The first-order valence-electron chi connectivity index (χ1n) is 10.5. The molecule has 3 aromatic carbocycles. The molecule has 1 aliphatic rings. The lowest BCUT2D eigenvalue weighted by atomic mass is 9.90. The SMILES string of the molecule is CC(=O)N(c1ccccc1)C1CC(C)N(C(=O)COc2ccccc2)c2ccccc21. The monoisotopic (exact) mass is 414 g/mol. The lowest BCUT2D eigenvalue weighted by molar-refractivity contribution is -0.121. The molecule has 0 bridgehead atoms. The minimum atomic E-state index is -0.148. The van der Waals surface area contributed by atoms with Gasteiger partial charge in [-0.2, -0.15) is 0 Å². The van der Waals surface area contributed by atoms with Crippen LogP contribution in [0.3, 0.4) is 0 Å². The Hall–Kier alpha value is -3.60. The van der Waals surface area contributed by atoms with E-state index in [2.05, 4.69) is 0 Å². The van der Waals surface area contributed by atoms with E-state index >= 15 is 0 Å². The molecule has 2 amide bonds. The van der Waals surface area contributed by atoms with Crippen molar-refractivity contribution in [2.24, 2.45) is 0 Å². The highest BCUT2D eigenvalue weighted by Crippen LogP contribution is 2.42. The van der Waals surface area contributed by atoms with Gasteiger partial charge in [-0.05, 0) is 49.2 Å². The average Bonchev–Trinajstić information content (AvgIpc) is 2.79. The fourth-order valence-corrected chi connectivity index (χ4v) is 4.31. The van der Waals surface area contributed by atoms with Crippen molar-refractivity contribution in [3.63, 3.8) is 0 Å². The zero-order chi connectivity index (χ0) is 21.8. The molecule has 0 saturated heterocycles. The van der Waals surface area contributed by atoms with Crippen LogP contribution in [0, 0.1) is 0 Å². The molecular weight excluding hydrogens is 388 g/mol. The first-order valence-corrected chi connectivity index (χ1v) is 10.5. The highest BCUT2D eigenvalue weighted by molar-refractivity contribution is 5.98. The number of rotatable bonds is 5. The zero-order valence-corrected chi connectivity index (χ0v) is 17.8. The predicted octanol–water partition coefficient (Wildman–Crippen LogP) is 4.99. The summed E-state index contributed by atoms with van der Waals surface area (Å²) in [6.45, 7) is 3.57. The summed E-state index contributed by atoms with van der Waals surface area (Å²) in [6.07, 6.45) is 0.641. The van der Waals surface area contributed by atoms with Gasteiger partial charge in [-0.15, -0.1) is 0 Å². The van der Waals surface area contributed by atoms with Crippen molar-refractivity contribution >= 4 is 23.2 Å². The lowest BCUT2D eigenvalue weighted by Gasteiger charge is -2.43. The molecule has 2 unspecified atom stereocenters. The molecule has 0 aliphatic carbocycles. The second-order valence-corrected chi connectivity index (χ2v) is 7.75. The molecule has 31 heavy (non-hydrogen) atoms. The number of carbonyl (C=O) groups excluding carboxylic acids is 2. The number of fused-ring (bicyclic) bond motifs is 1. The molecule has 5 nitrogen and oxygen atoms in total. The molecule has 4 rings (SSSR count). The third kappa shape index (κ3) is 4.31. The van der Waals surface area contributed by atoms with Gasteiger partial charge in [0.2, 0.25) is 5.91 Å². The van der Waals surface area contributed by atoms with Crippen LogP contribution < -0.4 is 14.5 Å². The third-order valence-electron chi connectivity index (χ3n) is 5.62. The summed E-state index contributed by atoms with van der Waals surface area (Å²) >= 11 is 0. The first-order chi connectivity index (χ1) is 15.1. The first kappa shape index (κ1) is 20.7. The quantitative estimate of drug-likeness (QED) is 0.591. The Bertz CT molecular complexity index is 1050. The normalized spacial score (nSPS) is 17.5. The van der Waals surface area contributed by atoms with Gasteiger partial charge in [0.25, 0.3) is 5.91 Å². The Morgan fingerprint density at radius 3 is 2.23 bits per heavy atom. The maximum atomic E-state index is 13.1. The standard InChI is InChI=1S/C26H26N2O3/c1-19-17-25(28(20(2)29)21-11-5-3-6-12-21)23-15-9-10-16-24(23)27(19)26(30)18-31-22-13-7-4-8-14-22/h3-16,19,25H,17-18H2,1-2H3. The molecule has 0 radical (unpaired) electrons. The van der Waals surface area contributed by atoms with Crippen LogP contribution in [-0.4, -0.2) is 24.5 Å². The van der Waals surface area contributed by atoms with E-state index in [0.717, 1.165) is 16.9 Å². The molecule has 1 heterocycles. The Morgan fingerprint density at radius 1 is 0.935 bits per heavy atom. The van der Waals surface area contributed by atoms with E-state index in [0.29, 0.717) is 12.2 Å². The Morgan fingerprint density at radius 2 is 1.55 bits per heavy atom. The molecule has 2 atom stereocenters. The van der Waals surface area contributed by atoms with E-state index in [9.17, 15) is 9.59 Å². The molecule has 0 spiro atoms. The molecule has 0 aromatic heterocycles. The van der Waals surface area contributed by atoms with Gasteiger partial charge < -0.3 is 14.5 Å². The van der Waals surface area contributed by atoms with Crippen LogP contribution >= 0.6 is 0 Å². The second kappa shape index (κ2) is 9.04. The summed E-state index contributed by atoms with van der Waals surface area (Å²) in [5.41, 5.74) is 2.65. The van der Waals surface area contributed by atoms with E-state index in [-0.39, 0.29) is 30.5 Å². The number of nitrogens with zero attached hydrogens (tertiary/aromatic N) is 2. The van der Waals surface area contributed by atoms with Gasteiger partial charge in [-0.25, -0.2) is 0 Å². The van der Waals surface area contributed by atoms with Crippen molar-refractivity contribution < 1.29 is 14.3 Å². The van der Waals surface area contributed by atoms with E-state index in [1.165, 1.54) is 0 Å². The van der Waals surface area contributed by atoms with Gasteiger partial charge >= 0.3 is 0 Å². The third-order valence-corrected chi connectivity index (χ3v) is 5.62. The highest BCUT2D eigenvalue weighted by Gasteiger charge is 2.37. The van der Waals surface area contributed by atoms with Crippen molar-refractivity contribution in [3.05, 3.63) is 90.5 Å². The molecule has 158 valence electrons. The van der Waals surface area contributed by atoms with E-state index < -0.39 is 0 Å². The van der Waals surface area contributed by atoms with Crippen LogP contribution in [-0.2, 0) is 9.59 Å². The fraction of sp³-hybridized carbons (Fsp3) is 0.231. The van der Waals surface area contributed by atoms with Gasteiger partial charge in [0.1, 0.15) is 5.75 Å². The summed E-state index contributed by atoms with van der Waals surface area (Å²) < 4.78 is 5.71. The van der Waals surface area contributed by atoms with Crippen LogP contribution in [0.4, 0.5) is 11.4 Å². The summed E-state index contributed by atoms with van der Waals surface area (Å²) in [5, 5.41) is 0. The molecule has 3 aromatic rings. The van der Waals surface area contributed by atoms with Gasteiger partial charge in [0.05, 0.1) is 6.04 Å². The van der Waals surface area contributed by atoms with Crippen molar-refractivity contribution in [2.45, 2.75) is 32.4 Å². The fourth-order valence-electron chi connectivity index (χ4n) is 4.31. The minimum absolute atomic E-state index is 0.0228. The number of carbonyl (C=O) groups is 2. The van der Waals surface area contributed by atoms with Crippen LogP contribution in [0.25, 0.3) is 0 Å². The highest BCUT2D eigenvalue weighted by atomic mass is 16.5. The molecule has 5 heteroatoms. The van der Waals surface area contributed by atoms with Crippen molar-refractivity contribution in [2.75, 3.05) is 16.4 Å². The Kier molecular flexibility index (Phi) is 6.03. The lowest BCUT2D eigenvalue weighted by Crippen LogP contribution is -2.48. The molecule has 0 N–H and O–H groups in total. The Balaban J connectivity index is 1.64. The van der Waals surface area contributed by atoms with Crippen LogP contribution in [0.1, 0.15) is 31.9 Å². The van der Waals surface area contributed by atoms with E-state index in [1.54, 1.807) is 11.8 Å². The second-order valence-electron chi connectivity index (χ2n) is 7.75. The van der Waals surface area contributed by atoms with Gasteiger partial charge in [0, 0.05) is 24.3 Å². The van der Waals surface area contributed by atoms with Gasteiger partial charge in [0.15, 0.2) is 6.61 Å². The minimum Gasteiger partial charge on any atom is -0.484 e. The number of para-hydroxylation sites is 3. The molecule has 0 fully saturated rings. The Labute approximate surface area is 182 Å². The van der Waals surface area contributed by atoms with E-state index in [4.69, 9.17) is 4.74 Å². The maximum absolute atomic E-state index is 13.1. The molecule has 1 aliphatic heterocycles. The molecule has 0 saturated carbocycles. The maximum Gasteiger partial charge on any atom is 0.265 e. The molecular formula is C26H26N2O3. The van der Waals surface area contributed by atoms with Gasteiger partial charge in [-0.1, -0.05) is 54.6 Å². The number of hydrogen-bond donors (Lipinski definition) is 0. The van der Waals surface area contributed by atoms with E-state index in [1.807, 2.05) is 96.8 Å². The predicted molar refractivity (Wildman–Crippen MR) is 122 cm³/mol. The van der Waals surface area contributed by atoms with Crippen LogP contribution in [0.15, 0.2) is 84.9 Å². The smallest absolute Gasteiger partial charge is 0.265 e. The van der Waals surface area contributed by atoms with Crippen molar-refractivity contribution in [3.8, 4) is 5.75 Å². The van der Waals surface area contributed by atoms with Crippen molar-refractivity contribution in [1.82, 2.24) is 0 Å². The number of benzene rings is 3. The largest absolute Gasteiger partial charge is 0.484 e. The van der Waals surface area contributed by atoms with Crippen LogP contribution in [0.2, 0.25) is 0 Å². The number of ether oxygens (including phenoxy) is 1. The topological polar surface area (TPSA) is 49.9 Å². The van der Waals surface area contributed by atoms with Crippen LogP contribution in [0.5, 0.6) is 5.75 Å². The van der Waals surface area contributed by atoms with Crippen molar-refractivity contribution in [1.29, 1.82) is 0 Å². The summed E-state index contributed by atoms with van der Waals surface area (Å²) in [4.78, 5) is 29.4. The average molecular weight is 415 g/mol.